The van der Waals surface area contributed by atoms with Crippen LogP contribution in [0.5, 0.6) is 0 Å². The second-order valence-corrected chi connectivity index (χ2v) is 5.75. The highest BCUT2D eigenvalue weighted by molar-refractivity contribution is 5.77. The molecule has 3 rings (SSSR count). The molecule has 0 spiro atoms. The fraction of sp³-hybridized carbons (Fsp3) is 0.562. The van der Waals surface area contributed by atoms with Gasteiger partial charge < -0.3 is 15.0 Å². The number of carbonyl (C=O) groups excluding carboxylic acids is 1. The summed E-state index contributed by atoms with van der Waals surface area (Å²) in [5.41, 5.74) is 0.924. The number of ether oxygens (including phenoxy) is 1. The van der Waals surface area contributed by atoms with Crippen molar-refractivity contribution in [2.75, 3.05) is 26.2 Å². The summed E-state index contributed by atoms with van der Waals surface area (Å²) < 4.78 is 18.7. The van der Waals surface area contributed by atoms with Gasteiger partial charge in [-0.3, -0.25) is 4.79 Å². The minimum atomic E-state index is -0.255. The first-order valence-corrected chi connectivity index (χ1v) is 7.60. The van der Waals surface area contributed by atoms with Crippen LogP contribution >= 0.6 is 0 Å². The Balaban J connectivity index is 1.59. The van der Waals surface area contributed by atoms with Gasteiger partial charge in [-0.1, -0.05) is 12.1 Å². The van der Waals surface area contributed by atoms with E-state index in [1.54, 1.807) is 12.1 Å². The zero-order chi connectivity index (χ0) is 14.7. The summed E-state index contributed by atoms with van der Waals surface area (Å²) in [5.74, 6) is -0.0698. The number of carbonyl (C=O) groups is 1. The summed E-state index contributed by atoms with van der Waals surface area (Å²) >= 11 is 0. The summed E-state index contributed by atoms with van der Waals surface area (Å²) in [6.07, 6.45) is 2.65. The number of morpholine rings is 1. The van der Waals surface area contributed by atoms with Crippen LogP contribution in [-0.2, 0) is 9.53 Å². The van der Waals surface area contributed by atoms with Gasteiger partial charge in [-0.25, -0.2) is 4.39 Å². The zero-order valence-electron chi connectivity index (χ0n) is 12.1. The summed E-state index contributed by atoms with van der Waals surface area (Å²) in [7, 11) is 0. The van der Waals surface area contributed by atoms with Gasteiger partial charge in [-0.15, -0.1) is 0 Å². The Morgan fingerprint density at radius 1 is 1.38 bits per heavy atom. The van der Waals surface area contributed by atoms with Crippen LogP contribution in [0.2, 0.25) is 0 Å². The summed E-state index contributed by atoms with van der Waals surface area (Å²) in [6, 6.07) is 6.65. The lowest BCUT2D eigenvalue weighted by Crippen LogP contribution is -2.44. The standard InChI is InChI=1S/C16H21FN2O2/c17-13-5-3-12(4-6-13)15-11-19(8-9-21-15)16(20)10-14-2-1-7-18-14/h3-6,14-15,18H,1-2,7-11H2. The molecule has 2 aliphatic heterocycles. The van der Waals surface area contributed by atoms with Crippen molar-refractivity contribution in [1.29, 1.82) is 0 Å². The first-order chi connectivity index (χ1) is 10.2. The minimum Gasteiger partial charge on any atom is -0.370 e. The van der Waals surface area contributed by atoms with E-state index in [-0.39, 0.29) is 17.8 Å². The van der Waals surface area contributed by atoms with Gasteiger partial charge in [-0.05, 0) is 37.1 Å². The van der Waals surface area contributed by atoms with Gasteiger partial charge >= 0.3 is 0 Å². The molecule has 1 amide bonds. The number of benzene rings is 1. The Morgan fingerprint density at radius 3 is 2.90 bits per heavy atom. The number of amides is 1. The van der Waals surface area contributed by atoms with Crippen LogP contribution in [0.1, 0.15) is 30.9 Å². The first kappa shape index (κ1) is 14.5. The van der Waals surface area contributed by atoms with Crippen molar-refractivity contribution in [3.8, 4) is 0 Å². The maximum atomic E-state index is 13.0. The first-order valence-electron chi connectivity index (χ1n) is 7.60. The smallest absolute Gasteiger partial charge is 0.224 e. The fourth-order valence-electron chi connectivity index (χ4n) is 3.03. The minimum absolute atomic E-state index is 0.153. The van der Waals surface area contributed by atoms with Crippen molar-refractivity contribution >= 4 is 5.91 Å². The topological polar surface area (TPSA) is 41.6 Å². The molecule has 2 saturated heterocycles. The summed E-state index contributed by atoms with van der Waals surface area (Å²) in [6.45, 7) is 2.74. The van der Waals surface area contributed by atoms with Crippen LogP contribution < -0.4 is 5.32 Å². The molecule has 2 unspecified atom stereocenters. The average molecular weight is 292 g/mol. The van der Waals surface area contributed by atoms with Gasteiger partial charge in [0.05, 0.1) is 13.2 Å². The lowest BCUT2D eigenvalue weighted by atomic mass is 10.1. The predicted molar refractivity (Wildman–Crippen MR) is 77.3 cm³/mol. The van der Waals surface area contributed by atoms with E-state index in [9.17, 15) is 9.18 Å². The lowest BCUT2D eigenvalue weighted by Gasteiger charge is -2.33. The number of hydrogen-bond acceptors (Lipinski definition) is 3. The van der Waals surface area contributed by atoms with E-state index in [0.717, 1.165) is 24.9 Å². The van der Waals surface area contributed by atoms with Gasteiger partial charge in [-0.2, -0.15) is 0 Å². The Bertz CT molecular complexity index is 486. The van der Waals surface area contributed by atoms with Crippen LogP contribution in [0.3, 0.4) is 0 Å². The molecule has 0 bridgehead atoms. The molecule has 2 fully saturated rings. The van der Waals surface area contributed by atoms with Crippen molar-refractivity contribution < 1.29 is 13.9 Å². The molecular formula is C16H21FN2O2. The molecule has 2 aliphatic rings. The number of hydrogen-bond donors (Lipinski definition) is 1. The molecule has 1 aromatic rings. The maximum Gasteiger partial charge on any atom is 0.224 e. The van der Waals surface area contributed by atoms with Crippen molar-refractivity contribution in [2.45, 2.75) is 31.4 Å². The quantitative estimate of drug-likeness (QED) is 0.924. The van der Waals surface area contributed by atoms with Gasteiger partial charge in [0, 0.05) is 19.0 Å². The predicted octanol–water partition coefficient (Wildman–Crippen LogP) is 1.87. The molecule has 0 saturated carbocycles. The maximum absolute atomic E-state index is 13.0. The summed E-state index contributed by atoms with van der Waals surface area (Å²) in [4.78, 5) is 14.2. The highest BCUT2D eigenvalue weighted by Crippen LogP contribution is 2.23. The lowest BCUT2D eigenvalue weighted by molar-refractivity contribution is -0.139. The normalized spacial score (nSPS) is 26.0. The molecule has 0 aromatic heterocycles. The molecule has 4 nitrogen and oxygen atoms in total. The van der Waals surface area contributed by atoms with E-state index >= 15 is 0 Å². The van der Waals surface area contributed by atoms with Crippen LogP contribution in [0.25, 0.3) is 0 Å². The second kappa shape index (κ2) is 6.54. The molecule has 2 heterocycles. The Labute approximate surface area is 124 Å². The Kier molecular flexibility index (Phi) is 4.51. The van der Waals surface area contributed by atoms with Crippen LogP contribution in [0.4, 0.5) is 4.39 Å². The van der Waals surface area contributed by atoms with Crippen LogP contribution in [0, 0.1) is 5.82 Å². The zero-order valence-corrected chi connectivity index (χ0v) is 12.1. The number of nitrogens with one attached hydrogen (secondary N) is 1. The van der Waals surface area contributed by atoms with E-state index in [0.29, 0.717) is 32.2 Å². The third-order valence-corrected chi connectivity index (χ3v) is 4.24. The van der Waals surface area contributed by atoms with Gasteiger partial charge in [0.15, 0.2) is 0 Å². The van der Waals surface area contributed by atoms with Gasteiger partial charge in [0.25, 0.3) is 0 Å². The third kappa shape index (κ3) is 3.60. The van der Waals surface area contributed by atoms with Crippen molar-refractivity contribution in [1.82, 2.24) is 10.2 Å². The van der Waals surface area contributed by atoms with Crippen molar-refractivity contribution in [2.24, 2.45) is 0 Å². The number of nitrogens with zero attached hydrogens (tertiary/aromatic N) is 1. The fourth-order valence-corrected chi connectivity index (χ4v) is 3.03. The van der Waals surface area contributed by atoms with E-state index in [4.69, 9.17) is 4.74 Å². The van der Waals surface area contributed by atoms with Crippen molar-refractivity contribution in [3.63, 3.8) is 0 Å². The summed E-state index contributed by atoms with van der Waals surface area (Å²) in [5, 5.41) is 3.36. The monoisotopic (exact) mass is 292 g/mol. The molecule has 1 N–H and O–H groups in total. The van der Waals surface area contributed by atoms with Crippen molar-refractivity contribution in [3.05, 3.63) is 35.6 Å². The van der Waals surface area contributed by atoms with Gasteiger partial charge in [0.1, 0.15) is 11.9 Å². The highest BCUT2D eigenvalue weighted by Gasteiger charge is 2.27. The molecule has 0 radical (unpaired) electrons. The molecular weight excluding hydrogens is 271 g/mol. The van der Waals surface area contributed by atoms with E-state index in [1.165, 1.54) is 12.1 Å². The van der Waals surface area contributed by atoms with E-state index in [2.05, 4.69) is 5.32 Å². The van der Waals surface area contributed by atoms with Crippen LogP contribution in [-0.4, -0.2) is 43.1 Å². The number of rotatable bonds is 3. The third-order valence-electron chi connectivity index (χ3n) is 4.24. The highest BCUT2D eigenvalue weighted by atomic mass is 19.1. The largest absolute Gasteiger partial charge is 0.370 e. The average Bonchev–Trinajstić information content (AvgIpc) is 3.01. The molecule has 5 heteroatoms. The van der Waals surface area contributed by atoms with E-state index in [1.807, 2.05) is 4.90 Å². The molecule has 1 aromatic carbocycles. The number of halogens is 1. The molecule has 21 heavy (non-hydrogen) atoms. The van der Waals surface area contributed by atoms with E-state index < -0.39 is 0 Å². The Morgan fingerprint density at radius 2 is 2.19 bits per heavy atom. The SMILES string of the molecule is O=C(CC1CCCN1)N1CCOC(c2ccc(F)cc2)C1. The van der Waals surface area contributed by atoms with Gasteiger partial charge in [0.2, 0.25) is 5.91 Å². The molecule has 114 valence electrons. The second-order valence-electron chi connectivity index (χ2n) is 5.75. The molecule has 2 atom stereocenters. The molecule has 0 aliphatic carbocycles. The van der Waals surface area contributed by atoms with Crippen LogP contribution in [0.15, 0.2) is 24.3 Å². The Hall–Kier alpha value is -1.46.